The normalized spacial score (nSPS) is 11.5. The van der Waals surface area contributed by atoms with E-state index < -0.39 is 10.0 Å². The van der Waals surface area contributed by atoms with Crippen molar-refractivity contribution >= 4 is 21.4 Å². The Bertz CT molecular complexity index is 678. The van der Waals surface area contributed by atoms with Gasteiger partial charge >= 0.3 is 0 Å². The molecule has 2 rings (SSSR count). The maximum absolute atomic E-state index is 11.8. The lowest BCUT2D eigenvalue weighted by Gasteiger charge is -2.08. The summed E-state index contributed by atoms with van der Waals surface area (Å²) in [5.41, 5.74) is 2.03. The number of aryl methyl sites for hydroxylation is 2. The molecule has 5 nitrogen and oxygen atoms in total. The SMILES string of the molecule is Cc1ccc(OCCS(=O)(=O)NCc2nc(C)cs2)cc1. The number of aromatic nitrogens is 1. The van der Waals surface area contributed by atoms with Gasteiger partial charge < -0.3 is 4.74 Å². The molecule has 0 atom stereocenters. The molecule has 0 saturated carbocycles. The van der Waals surface area contributed by atoms with Crippen LogP contribution in [0.1, 0.15) is 16.3 Å². The third-order valence-electron chi connectivity index (χ3n) is 2.75. The molecule has 0 aliphatic rings. The van der Waals surface area contributed by atoms with Gasteiger partial charge in [-0.05, 0) is 26.0 Å². The van der Waals surface area contributed by atoms with Gasteiger partial charge in [-0.2, -0.15) is 0 Å². The van der Waals surface area contributed by atoms with Gasteiger partial charge in [-0.25, -0.2) is 18.1 Å². The van der Waals surface area contributed by atoms with Crippen LogP contribution in [0.15, 0.2) is 29.6 Å². The van der Waals surface area contributed by atoms with Crippen LogP contribution in [-0.4, -0.2) is 25.8 Å². The maximum Gasteiger partial charge on any atom is 0.215 e. The minimum atomic E-state index is -3.36. The summed E-state index contributed by atoms with van der Waals surface area (Å²) in [5, 5.41) is 2.65. The number of benzene rings is 1. The zero-order chi connectivity index (χ0) is 15.3. The lowest BCUT2D eigenvalue weighted by atomic mass is 10.2. The van der Waals surface area contributed by atoms with Gasteiger partial charge in [-0.1, -0.05) is 17.7 Å². The predicted octanol–water partition coefficient (Wildman–Crippen LogP) is 2.26. The molecule has 21 heavy (non-hydrogen) atoms. The molecule has 114 valence electrons. The Hall–Kier alpha value is -1.44. The molecule has 0 unspecified atom stereocenters. The van der Waals surface area contributed by atoms with E-state index in [0.717, 1.165) is 16.3 Å². The van der Waals surface area contributed by atoms with Crippen molar-refractivity contribution in [3.8, 4) is 5.75 Å². The van der Waals surface area contributed by atoms with E-state index in [1.54, 1.807) is 0 Å². The molecule has 1 aromatic carbocycles. The Morgan fingerprint density at radius 2 is 1.95 bits per heavy atom. The largest absolute Gasteiger partial charge is 0.492 e. The number of thiazole rings is 1. The van der Waals surface area contributed by atoms with E-state index in [1.807, 2.05) is 43.5 Å². The summed E-state index contributed by atoms with van der Waals surface area (Å²) in [6.07, 6.45) is 0. The molecule has 1 aromatic heterocycles. The van der Waals surface area contributed by atoms with Gasteiger partial charge in [0.05, 0.1) is 12.3 Å². The number of hydrogen-bond acceptors (Lipinski definition) is 5. The number of hydrogen-bond donors (Lipinski definition) is 1. The highest BCUT2D eigenvalue weighted by Gasteiger charge is 2.11. The fourth-order valence-electron chi connectivity index (χ4n) is 1.63. The van der Waals surface area contributed by atoms with E-state index in [2.05, 4.69) is 9.71 Å². The summed E-state index contributed by atoms with van der Waals surface area (Å²) in [6.45, 7) is 4.21. The smallest absolute Gasteiger partial charge is 0.215 e. The van der Waals surface area contributed by atoms with Crippen molar-refractivity contribution in [1.82, 2.24) is 9.71 Å². The van der Waals surface area contributed by atoms with E-state index in [0.29, 0.717) is 5.75 Å². The minimum Gasteiger partial charge on any atom is -0.492 e. The van der Waals surface area contributed by atoms with E-state index in [-0.39, 0.29) is 18.9 Å². The minimum absolute atomic E-state index is 0.0781. The van der Waals surface area contributed by atoms with Crippen molar-refractivity contribution in [2.24, 2.45) is 0 Å². The first-order valence-corrected chi connectivity index (χ1v) is 9.06. The number of nitrogens with one attached hydrogen (secondary N) is 1. The van der Waals surface area contributed by atoms with Crippen LogP contribution in [0.5, 0.6) is 5.75 Å². The Balaban J connectivity index is 1.77. The molecule has 0 bridgehead atoms. The summed E-state index contributed by atoms with van der Waals surface area (Å²) in [4.78, 5) is 4.21. The third kappa shape index (κ3) is 5.45. The summed E-state index contributed by atoms with van der Waals surface area (Å²) in [5.74, 6) is 0.594. The zero-order valence-corrected chi connectivity index (χ0v) is 13.6. The second kappa shape index (κ2) is 7.02. The van der Waals surface area contributed by atoms with Gasteiger partial charge in [-0.3, -0.25) is 0 Å². The predicted molar refractivity (Wildman–Crippen MR) is 84.2 cm³/mol. The standard InChI is InChI=1S/C14H18N2O3S2/c1-11-3-5-13(6-4-11)19-7-8-21(17,18)15-9-14-16-12(2)10-20-14/h3-6,10,15H,7-9H2,1-2H3. The molecule has 1 heterocycles. The average molecular weight is 326 g/mol. The average Bonchev–Trinajstić information content (AvgIpc) is 2.85. The van der Waals surface area contributed by atoms with Crippen LogP contribution >= 0.6 is 11.3 Å². The van der Waals surface area contributed by atoms with Crippen LogP contribution in [0.3, 0.4) is 0 Å². The van der Waals surface area contributed by atoms with E-state index in [4.69, 9.17) is 4.74 Å². The highest BCUT2D eigenvalue weighted by molar-refractivity contribution is 7.89. The summed E-state index contributed by atoms with van der Waals surface area (Å²) in [7, 11) is -3.36. The van der Waals surface area contributed by atoms with Crippen molar-refractivity contribution in [3.05, 3.63) is 45.9 Å². The number of ether oxygens (including phenoxy) is 1. The highest BCUT2D eigenvalue weighted by Crippen LogP contribution is 2.11. The van der Waals surface area contributed by atoms with E-state index in [9.17, 15) is 8.42 Å². The number of sulfonamides is 1. The first kappa shape index (κ1) is 15.9. The van der Waals surface area contributed by atoms with Crippen LogP contribution in [-0.2, 0) is 16.6 Å². The quantitative estimate of drug-likeness (QED) is 0.847. The Morgan fingerprint density at radius 1 is 1.24 bits per heavy atom. The fraction of sp³-hybridized carbons (Fsp3) is 0.357. The molecular formula is C14H18N2O3S2. The fourth-order valence-corrected chi connectivity index (χ4v) is 3.24. The van der Waals surface area contributed by atoms with Crippen LogP contribution in [0.4, 0.5) is 0 Å². The third-order valence-corrected chi connectivity index (χ3v) is 5.01. The lowest BCUT2D eigenvalue weighted by molar-refractivity contribution is 0.340. The molecule has 0 radical (unpaired) electrons. The molecule has 0 aliphatic carbocycles. The highest BCUT2D eigenvalue weighted by atomic mass is 32.2. The van der Waals surface area contributed by atoms with Gasteiger partial charge in [0.1, 0.15) is 17.4 Å². The molecule has 0 spiro atoms. The molecule has 0 aliphatic heterocycles. The molecule has 2 aromatic rings. The summed E-state index contributed by atoms with van der Waals surface area (Å²) < 4.78 is 31.6. The number of nitrogens with zero attached hydrogens (tertiary/aromatic N) is 1. The van der Waals surface area contributed by atoms with Crippen molar-refractivity contribution in [2.75, 3.05) is 12.4 Å². The molecule has 0 amide bonds. The molecule has 1 N–H and O–H groups in total. The molecule has 7 heteroatoms. The van der Waals surface area contributed by atoms with Crippen molar-refractivity contribution in [1.29, 1.82) is 0 Å². The van der Waals surface area contributed by atoms with Crippen LogP contribution < -0.4 is 9.46 Å². The maximum atomic E-state index is 11.8. The van der Waals surface area contributed by atoms with Gasteiger partial charge in [0, 0.05) is 11.1 Å². The van der Waals surface area contributed by atoms with Gasteiger partial charge in [0.15, 0.2) is 0 Å². The van der Waals surface area contributed by atoms with E-state index in [1.165, 1.54) is 11.3 Å². The van der Waals surface area contributed by atoms with Gasteiger partial charge in [-0.15, -0.1) is 11.3 Å². The molecule has 0 saturated heterocycles. The first-order chi connectivity index (χ1) is 9.94. The lowest BCUT2D eigenvalue weighted by Crippen LogP contribution is -2.28. The second-order valence-corrected chi connectivity index (χ2v) is 7.55. The van der Waals surface area contributed by atoms with Gasteiger partial charge in [0.25, 0.3) is 0 Å². The Kier molecular flexibility index (Phi) is 5.33. The van der Waals surface area contributed by atoms with Gasteiger partial charge in [0.2, 0.25) is 10.0 Å². The van der Waals surface area contributed by atoms with Crippen LogP contribution in [0.25, 0.3) is 0 Å². The zero-order valence-electron chi connectivity index (χ0n) is 12.0. The van der Waals surface area contributed by atoms with Crippen molar-refractivity contribution in [3.63, 3.8) is 0 Å². The second-order valence-electron chi connectivity index (χ2n) is 4.68. The Morgan fingerprint density at radius 3 is 2.57 bits per heavy atom. The van der Waals surface area contributed by atoms with Crippen LogP contribution in [0, 0.1) is 13.8 Å². The van der Waals surface area contributed by atoms with E-state index >= 15 is 0 Å². The molecular weight excluding hydrogens is 308 g/mol. The summed E-state index contributed by atoms with van der Waals surface area (Å²) >= 11 is 1.44. The Labute approximate surface area is 129 Å². The van der Waals surface area contributed by atoms with Crippen molar-refractivity contribution in [2.45, 2.75) is 20.4 Å². The summed E-state index contributed by atoms with van der Waals surface area (Å²) in [6, 6.07) is 7.50. The van der Waals surface area contributed by atoms with Crippen LogP contribution in [0.2, 0.25) is 0 Å². The molecule has 0 fully saturated rings. The first-order valence-electron chi connectivity index (χ1n) is 6.52. The monoisotopic (exact) mass is 326 g/mol. The number of rotatable bonds is 7. The van der Waals surface area contributed by atoms with Crippen molar-refractivity contribution < 1.29 is 13.2 Å². The topological polar surface area (TPSA) is 68.3 Å².